The molecule has 0 heterocycles. The molecule has 1 atom stereocenters. The molecule has 0 fully saturated rings. The van der Waals surface area contributed by atoms with Gasteiger partial charge < -0.3 is 15.6 Å². The van der Waals surface area contributed by atoms with Crippen molar-refractivity contribution >= 4 is 22.1 Å². The van der Waals surface area contributed by atoms with Crippen LogP contribution in [0.3, 0.4) is 0 Å². The van der Waals surface area contributed by atoms with Gasteiger partial charge in [-0.3, -0.25) is 0 Å². The maximum absolute atomic E-state index is 9.68. The molecule has 3 N–H and O–H groups in total. The Morgan fingerprint density at radius 2 is 2.27 bits per heavy atom. The lowest BCUT2D eigenvalue weighted by Gasteiger charge is -2.11. The maximum Gasteiger partial charge on any atom is 0.125 e. The summed E-state index contributed by atoms with van der Waals surface area (Å²) in [6.07, 6.45) is 5.53. The number of halogens is 1. The molecular formula is C11H10BrNO2. The minimum atomic E-state index is -0.788. The van der Waals surface area contributed by atoms with Gasteiger partial charge in [0.1, 0.15) is 5.75 Å². The van der Waals surface area contributed by atoms with Crippen molar-refractivity contribution in [3.8, 4) is 18.1 Å². The van der Waals surface area contributed by atoms with Gasteiger partial charge in [0.05, 0.1) is 6.10 Å². The summed E-state index contributed by atoms with van der Waals surface area (Å²) in [7, 11) is 0. The van der Waals surface area contributed by atoms with E-state index in [2.05, 4.69) is 21.9 Å². The van der Waals surface area contributed by atoms with Gasteiger partial charge in [0.25, 0.3) is 0 Å². The Balaban J connectivity index is 3.19. The summed E-state index contributed by atoms with van der Waals surface area (Å²) in [5.41, 5.74) is 0.925. The molecule has 0 radical (unpaired) electrons. The lowest BCUT2D eigenvalue weighted by Crippen LogP contribution is -1.99. The van der Waals surface area contributed by atoms with Crippen molar-refractivity contribution < 1.29 is 10.2 Å². The normalized spacial score (nSPS) is 11.8. The molecule has 4 heteroatoms. The fraction of sp³-hybridized carbons (Fsp3) is 0.182. The van der Waals surface area contributed by atoms with Gasteiger partial charge in [-0.1, -0.05) is 15.9 Å². The Bertz CT molecular complexity index is 423. The van der Waals surface area contributed by atoms with E-state index in [1.54, 1.807) is 0 Å². The number of aliphatic hydroxyl groups excluding tert-OH is 1. The van der Waals surface area contributed by atoms with Gasteiger partial charge in [-0.25, -0.2) is 0 Å². The van der Waals surface area contributed by atoms with Crippen LogP contribution in [0.5, 0.6) is 5.75 Å². The van der Waals surface area contributed by atoms with E-state index in [4.69, 9.17) is 11.8 Å². The number of rotatable bonds is 3. The van der Waals surface area contributed by atoms with E-state index in [0.717, 1.165) is 6.21 Å². The first kappa shape index (κ1) is 11.8. The molecular weight excluding hydrogens is 258 g/mol. The second kappa shape index (κ2) is 4.96. The number of hydrogen-bond acceptors (Lipinski definition) is 3. The highest BCUT2D eigenvalue weighted by Gasteiger charge is 2.13. The molecule has 0 amide bonds. The van der Waals surface area contributed by atoms with Crippen LogP contribution in [0.2, 0.25) is 0 Å². The quantitative estimate of drug-likeness (QED) is 0.581. The Labute approximate surface area is 96.4 Å². The number of aliphatic hydroxyl groups is 1. The molecule has 0 aliphatic carbocycles. The van der Waals surface area contributed by atoms with Crippen molar-refractivity contribution in [2.45, 2.75) is 12.5 Å². The number of phenols is 1. The molecule has 78 valence electrons. The van der Waals surface area contributed by atoms with Crippen molar-refractivity contribution in [2.75, 3.05) is 0 Å². The standard InChI is InChI=1S/C11H10BrNO2/c1-2-3-10(14)8-4-7(6-13)11(15)5-9(8)12/h1,4-6,10,13-15H,3H2. The van der Waals surface area contributed by atoms with Gasteiger partial charge >= 0.3 is 0 Å². The maximum atomic E-state index is 9.68. The van der Waals surface area contributed by atoms with E-state index < -0.39 is 6.10 Å². The third-order valence-corrected chi connectivity index (χ3v) is 2.66. The van der Waals surface area contributed by atoms with E-state index in [-0.39, 0.29) is 12.2 Å². The predicted molar refractivity (Wildman–Crippen MR) is 62.1 cm³/mol. The number of benzene rings is 1. The van der Waals surface area contributed by atoms with Crippen LogP contribution < -0.4 is 0 Å². The van der Waals surface area contributed by atoms with E-state index in [1.807, 2.05) is 0 Å². The first-order valence-electron chi connectivity index (χ1n) is 4.24. The van der Waals surface area contributed by atoms with Crippen LogP contribution in [0.1, 0.15) is 23.7 Å². The average Bonchev–Trinajstić information content (AvgIpc) is 2.18. The van der Waals surface area contributed by atoms with Crippen LogP contribution in [-0.4, -0.2) is 16.4 Å². The number of nitrogens with one attached hydrogen (secondary N) is 1. The van der Waals surface area contributed by atoms with Crippen molar-refractivity contribution in [3.05, 3.63) is 27.7 Å². The zero-order chi connectivity index (χ0) is 11.4. The van der Waals surface area contributed by atoms with Gasteiger partial charge in [0.2, 0.25) is 0 Å². The van der Waals surface area contributed by atoms with Crippen LogP contribution in [-0.2, 0) is 0 Å². The molecule has 1 aromatic rings. The molecule has 0 aliphatic rings. The molecule has 15 heavy (non-hydrogen) atoms. The molecule has 0 spiro atoms. The lowest BCUT2D eigenvalue weighted by atomic mass is 10.0. The monoisotopic (exact) mass is 267 g/mol. The molecule has 1 aromatic carbocycles. The highest BCUT2D eigenvalue weighted by atomic mass is 79.9. The van der Waals surface area contributed by atoms with Gasteiger partial charge in [0.15, 0.2) is 0 Å². The summed E-state index contributed by atoms with van der Waals surface area (Å²) in [5, 5.41) is 26.2. The van der Waals surface area contributed by atoms with Gasteiger partial charge in [-0.05, 0) is 17.7 Å². The zero-order valence-electron chi connectivity index (χ0n) is 7.87. The highest BCUT2D eigenvalue weighted by molar-refractivity contribution is 9.10. The van der Waals surface area contributed by atoms with Crippen LogP contribution in [0.4, 0.5) is 0 Å². The van der Waals surface area contributed by atoms with Gasteiger partial charge in [0, 0.05) is 22.7 Å². The minimum Gasteiger partial charge on any atom is -0.507 e. The fourth-order valence-corrected chi connectivity index (χ4v) is 1.79. The summed E-state index contributed by atoms with van der Waals surface area (Å²) in [6.45, 7) is 0. The first-order chi connectivity index (χ1) is 7.10. The number of aromatic hydroxyl groups is 1. The summed E-state index contributed by atoms with van der Waals surface area (Å²) in [5.74, 6) is 2.35. The molecule has 0 aliphatic heterocycles. The van der Waals surface area contributed by atoms with E-state index in [9.17, 15) is 10.2 Å². The molecule has 0 bridgehead atoms. The lowest BCUT2D eigenvalue weighted by molar-refractivity contribution is 0.183. The minimum absolute atomic E-state index is 0.00599. The van der Waals surface area contributed by atoms with E-state index in [1.165, 1.54) is 12.1 Å². The Morgan fingerprint density at radius 3 is 2.80 bits per heavy atom. The summed E-state index contributed by atoms with van der Waals surface area (Å²) in [6, 6.07) is 2.98. The van der Waals surface area contributed by atoms with Crippen molar-refractivity contribution in [1.29, 1.82) is 5.41 Å². The van der Waals surface area contributed by atoms with Crippen molar-refractivity contribution in [1.82, 2.24) is 0 Å². The largest absolute Gasteiger partial charge is 0.507 e. The van der Waals surface area contributed by atoms with Crippen molar-refractivity contribution in [2.24, 2.45) is 0 Å². The Morgan fingerprint density at radius 1 is 1.60 bits per heavy atom. The van der Waals surface area contributed by atoms with Crippen LogP contribution >= 0.6 is 15.9 Å². The van der Waals surface area contributed by atoms with Gasteiger partial charge in [-0.2, -0.15) is 0 Å². The van der Waals surface area contributed by atoms with E-state index in [0.29, 0.717) is 15.6 Å². The smallest absolute Gasteiger partial charge is 0.125 e. The van der Waals surface area contributed by atoms with Crippen molar-refractivity contribution in [3.63, 3.8) is 0 Å². The molecule has 3 nitrogen and oxygen atoms in total. The molecule has 1 rings (SSSR count). The number of terminal acetylenes is 1. The van der Waals surface area contributed by atoms with Crippen LogP contribution in [0.25, 0.3) is 0 Å². The highest BCUT2D eigenvalue weighted by Crippen LogP contribution is 2.30. The first-order valence-corrected chi connectivity index (χ1v) is 5.03. The fourth-order valence-electron chi connectivity index (χ4n) is 1.19. The van der Waals surface area contributed by atoms with Gasteiger partial charge in [-0.15, -0.1) is 12.3 Å². The topological polar surface area (TPSA) is 64.3 Å². The third-order valence-electron chi connectivity index (χ3n) is 1.97. The molecule has 0 saturated heterocycles. The average molecular weight is 268 g/mol. The van der Waals surface area contributed by atoms with Crippen LogP contribution in [0.15, 0.2) is 16.6 Å². The summed E-state index contributed by atoms with van der Waals surface area (Å²) < 4.78 is 0.577. The number of hydrogen-bond donors (Lipinski definition) is 3. The second-order valence-electron chi connectivity index (χ2n) is 3.00. The molecule has 0 saturated carbocycles. The second-order valence-corrected chi connectivity index (χ2v) is 3.86. The Kier molecular flexibility index (Phi) is 3.89. The SMILES string of the molecule is C#CCC(O)c1cc(C=N)c(O)cc1Br. The number of phenolic OH excluding ortho intramolecular Hbond substituents is 1. The Hall–Kier alpha value is -1.31. The summed E-state index contributed by atoms with van der Waals surface area (Å²) in [4.78, 5) is 0. The van der Waals surface area contributed by atoms with Crippen LogP contribution in [0, 0.1) is 17.8 Å². The van der Waals surface area contributed by atoms with E-state index >= 15 is 0 Å². The molecule has 0 aromatic heterocycles. The predicted octanol–water partition coefficient (Wildman–Crippen LogP) is 2.21. The summed E-state index contributed by atoms with van der Waals surface area (Å²) >= 11 is 3.22. The zero-order valence-corrected chi connectivity index (χ0v) is 9.45. The molecule has 1 unspecified atom stereocenters. The third kappa shape index (κ3) is 2.58.